The number of hydrogen-bond donors (Lipinski definition) is 0. The van der Waals surface area contributed by atoms with E-state index in [0.717, 1.165) is 16.9 Å². The Balaban J connectivity index is 1.18. The molecule has 6 aromatic carbocycles. The average molecular weight is 676 g/mol. The van der Waals surface area contributed by atoms with Crippen molar-refractivity contribution < 1.29 is 4.42 Å². The molecule has 0 unspecified atom stereocenters. The maximum absolute atomic E-state index is 7.10. The first kappa shape index (κ1) is 30.5. The van der Waals surface area contributed by atoms with Gasteiger partial charge < -0.3 is 9.32 Å². The molecule has 0 atom stereocenters. The minimum absolute atomic E-state index is 0.0393. The van der Waals surface area contributed by atoms with Gasteiger partial charge in [-0.1, -0.05) is 137 Å². The Hall–Kier alpha value is -5.08. The summed E-state index contributed by atoms with van der Waals surface area (Å²) in [6.45, 7) is 6.85. The van der Waals surface area contributed by atoms with Gasteiger partial charge in [-0.2, -0.15) is 0 Å². The molecule has 0 N–H and O–H groups in total. The van der Waals surface area contributed by atoms with Crippen LogP contribution in [0.25, 0.3) is 44.2 Å². The van der Waals surface area contributed by atoms with E-state index in [1.165, 1.54) is 124 Å². The summed E-state index contributed by atoms with van der Waals surface area (Å²) >= 11 is 0. The topological polar surface area (TPSA) is 16.4 Å². The van der Waals surface area contributed by atoms with E-state index in [9.17, 15) is 0 Å². The first-order valence-electron chi connectivity index (χ1n) is 19.6. The van der Waals surface area contributed by atoms with Gasteiger partial charge in [-0.25, -0.2) is 0 Å². The molecule has 0 radical (unpaired) electrons. The molecular weight excluding hydrogens is 631 g/mol. The van der Waals surface area contributed by atoms with Crippen molar-refractivity contribution in [1.82, 2.24) is 0 Å². The van der Waals surface area contributed by atoms with Crippen LogP contribution < -0.4 is 4.90 Å². The van der Waals surface area contributed by atoms with Crippen LogP contribution in [0.3, 0.4) is 0 Å². The van der Waals surface area contributed by atoms with Gasteiger partial charge in [0, 0.05) is 38.5 Å². The third kappa shape index (κ3) is 4.01. The molecule has 256 valence electrons. The summed E-state index contributed by atoms with van der Waals surface area (Å²) in [6.07, 6.45) is 9.99. The number of hydrogen-bond acceptors (Lipinski definition) is 2. The molecule has 1 aromatic heterocycles. The number of para-hydroxylation sites is 2. The van der Waals surface area contributed by atoms with Gasteiger partial charge in [-0.3, -0.25) is 0 Å². The lowest BCUT2D eigenvalue weighted by molar-refractivity contribution is 0.549. The van der Waals surface area contributed by atoms with E-state index in [1.807, 2.05) is 0 Å². The van der Waals surface area contributed by atoms with E-state index in [-0.39, 0.29) is 16.2 Å². The average Bonchev–Trinajstić information content (AvgIpc) is 4.01. The number of fused-ring (bicyclic) bond motifs is 13. The van der Waals surface area contributed by atoms with E-state index >= 15 is 0 Å². The van der Waals surface area contributed by atoms with E-state index in [0.29, 0.717) is 0 Å². The highest BCUT2D eigenvalue weighted by Crippen LogP contribution is 2.60. The molecule has 11 rings (SSSR count). The zero-order valence-corrected chi connectivity index (χ0v) is 30.6. The van der Waals surface area contributed by atoms with Crippen molar-refractivity contribution >= 4 is 39.0 Å². The second-order valence-electron chi connectivity index (χ2n) is 17.2. The van der Waals surface area contributed by atoms with Crippen LogP contribution in [-0.4, -0.2) is 0 Å². The number of rotatable bonds is 3. The van der Waals surface area contributed by atoms with E-state index in [4.69, 9.17) is 4.42 Å². The van der Waals surface area contributed by atoms with Crippen LogP contribution in [0.4, 0.5) is 17.1 Å². The largest absolute Gasteiger partial charge is 0.454 e. The molecule has 2 fully saturated rings. The number of anilines is 3. The number of furan rings is 1. The lowest BCUT2D eigenvalue weighted by Crippen LogP contribution is -2.22. The maximum Gasteiger partial charge on any atom is 0.159 e. The molecule has 4 aliphatic rings. The van der Waals surface area contributed by atoms with Gasteiger partial charge in [0.15, 0.2) is 5.58 Å². The zero-order valence-electron chi connectivity index (χ0n) is 30.6. The summed E-state index contributed by atoms with van der Waals surface area (Å²) in [5.41, 5.74) is 18.6. The Morgan fingerprint density at radius 2 is 0.962 bits per heavy atom. The predicted octanol–water partition coefficient (Wildman–Crippen LogP) is 14.0. The van der Waals surface area contributed by atoms with Gasteiger partial charge >= 0.3 is 0 Å². The quantitative estimate of drug-likeness (QED) is 0.185. The molecule has 0 aliphatic heterocycles. The Kier molecular flexibility index (Phi) is 6.30. The fourth-order valence-corrected chi connectivity index (χ4v) is 11.2. The second kappa shape index (κ2) is 10.7. The summed E-state index contributed by atoms with van der Waals surface area (Å²) < 4.78 is 7.10. The van der Waals surface area contributed by atoms with Crippen LogP contribution in [0.15, 0.2) is 126 Å². The first-order valence-corrected chi connectivity index (χ1v) is 19.6. The highest BCUT2D eigenvalue weighted by atomic mass is 16.3. The summed E-state index contributed by atoms with van der Waals surface area (Å²) in [4.78, 5) is 2.53. The Morgan fingerprint density at radius 1 is 0.481 bits per heavy atom. The van der Waals surface area contributed by atoms with Gasteiger partial charge in [0.2, 0.25) is 0 Å². The molecule has 0 bridgehead atoms. The van der Waals surface area contributed by atoms with E-state index < -0.39 is 0 Å². The van der Waals surface area contributed by atoms with Crippen LogP contribution >= 0.6 is 0 Å². The molecule has 4 aliphatic carbocycles. The Bertz CT molecular complexity index is 2470. The SMILES string of the molecule is CC(C)(C)c1cccc2c1oc1c(N(c3ccc4c(c3)C3(CCCC3)c3ccccc3-4)c3ccc4c(c3)C3(CCCC3)c3ccccc3-4)cccc12. The van der Waals surface area contributed by atoms with Crippen molar-refractivity contribution in [1.29, 1.82) is 0 Å². The second-order valence-corrected chi connectivity index (χ2v) is 17.2. The highest BCUT2D eigenvalue weighted by Gasteiger charge is 2.47. The van der Waals surface area contributed by atoms with Gasteiger partial charge in [0.25, 0.3) is 0 Å². The van der Waals surface area contributed by atoms with Crippen LogP contribution in [0.2, 0.25) is 0 Å². The minimum Gasteiger partial charge on any atom is -0.454 e. The lowest BCUT2D eigenvalue weighted by Gasteiger charge is -2.31. The highest BCUT2D eigenvalue weighted by molar-refractivity contribution is 6.11. The molecule has 2 heteroatoms. The van der Waals surface area contributed by atoms with E-state index in [2.05, 4.69) is 147 Å². The molecule has 1 heterocycles. The zero-order chi connectivity index (χ0) is 34.8. The molecule has 52 heavy (non-hydrogen) atoms. The lowest BCUT2D eigenvalue weighted by atomic mass is 9.76. The van der Waals surface area contributed by atoms with Crippen molar-refractivity contribution in [3.05, 3.63) is 149 Å². The molecule has 0 amide bonds. The van der Waals surface area contributed by atoms with Crippen LogP contribution in [-0.2, 0) is 16.2 Å². The van der Waals surface area contributed by atoms with Crippen molar-refractivity contribution in [2.45, 2.75) is 88.4 Å². The summed E-state index contributed by atoms with van der Waals surface area (Å²) in [5, 5.41) is 2.36. The van der Waals surface area contributed by atoms with Crippen LogP contribution in [0, 0.1) is 0 Å². The minimum atomic E-state index is -0.0393. The monoisotopic (exact) mass is 675 g/mol. The van der Waals surface area contributed by atoms with Crippen molar-refractivity contribution in [3.8, 4) is 22.3 Å². The van der Waals surface area contributed by atoms with Gasteiger partial charge in [0.1, 0.15) is 5.58 Å². The standard InChI is InChI=1S/C50H45NO/c1-48(2,3)42-20-12-16-38-39-17-13-21-45(47(39)52-46(38)42)51(32-22-24-36-34-14-4-6-18-40(34)49(43(36)30-32)26-8-9-27-49)33-23-25-37-35-15-5-7-19-41(35)50(44(37)31-33)28-10-11-29-50/h4-7,12-25,30-31H,8-11,26-29H2,1-3H3. The van der Waals surface area contributed by atoms with Crippen molar-refractivity contribution in [3.63, 3.8) is 0 Å². The van der Waals surface area contributed by atoms with Crippen molar-refractivity contribution in [2.75, 3.05) is 4.90 Å². The Morgan fingerprint density at radius 3 is 1.50 bits per heavy atom. The third-order valence-electron chi connectivity index (χ3n) is 13.5. The molecule has 0 saturated heterocycles. The van der Waals surface area contributed by atoms with Crippen LogP contribution in [0.5, 0.6) is 0 Å². The van der Waals surface area contributed by atoms with Gasteiger partial charge in [0.05, 0.1) is 5.69 Å². The molecular formula is C50H45NO. The molecule has 7 aromatic rings. The molecule has 2 saturated carbocycles. The summed E-state index contributed by atoms with van der Waals surface area (Å²) in [6, 6.07) is 46.5. The van der Waals surface area contributed by atoms with Crippen LogP contribution in [0.1, 0.15) is 100.0 Å². The van der Waals surface area contributed by atoms with Gasteiger partial charge in [-0.15, -0.1) is 0 Å². The number of benzene rings is 6. The fraction of sp³-hybridized carbons (Fsp3) is 0.280. The fourth-order valence-electron chi connectivity index (χ4n) is 11.2. The first-order chi connectivity index (χ1) is 25.4. The van der Waals surface area contributed by atoms with E-state index in [1.54, 1.807) is 0 Å². The normalized spacial score (nSPS) is 17.6. The summed E-state index contributed by atoms with van der Waals surface area (Å²) in [5.74, 6) is 0. The maximum atomic E-state index is 7.10. The third-order valence-corrected chi connectivity index (χ3v) is 13.5. The molecule has 2 spiro atoms. The summed E-state index contributed by atoms with van der Waals surface area (Å²) in [7, 11) is 0. The number of nitrogens with zero attached hydrogens (tertiary/aromatic N) is 1. The molecule has 2 nitrogen and oxygen atoms in total. The predicted molar refractivity (Wildman–Crippen MR) is 216 cm³/mol. The van der Waals surface area contributed by atoms with Gasteiger partial charge in [-0.05, 0) is 106 Å². The van der Waals surface area contributed by atoms with Crippen molar-refractivity contribution in [2.24, 2.45) is 0 Å². The smallest absolute Gasteiger partial charge is 0.159 e. The Labute approximate surface area is 307 Å².